The van der Waals surface area contributed by atoms with Crippen LogP contribution in [0.5, 0.6) is 11.5 Å². The van der Waals surface area contributed by atoms with Gasteiger partial charge < -0.3 is 15.2 Å². The van der Waals surface area contributed by atoms with Crippen molar-refractivity contribution in [2.45, 2.75) is 6.61 Å². The molecule has 5 heteroatoms. The Morgan fingerprint density at radius 2 is 1.74 bits per heavy atom. The number of methoxy groups -OCH3 is 1. The molecule has 2 rings (SSSR count). The summed E-state index contributed by atoms with van der Waals surface area (Å²) in [5.41, 5.74) is 7.24. The molecule has 0 aromatic heterocycles. The summed E-state index contributed by atoms with van der Waals surface area (Å²) in [4.78, 5) is 0. The van der Waals surface area contributed by atoms with E-state index in [0.29, 0.717) is 33.8 Å². The van der Waals surface area contributed by atoms with E-state index in [9.17, 15) is 0 Å². The van der Waals surface area contributed by atoms with Crippen LogP contribution in [0.25, 0.3) is 0 Å². The normalized spacial score (nSPS) is 10.3. The number of anilines is 1. The third kappa shape index (κ3) is 3.69. The first-order valence-electron chi connectivity index (χ1n) is 5.60. The van der Waals surface area contributed by atoms with Crippen LogP contribution in [0.15, 0.2) is 36.4 Å². The Balaban J connectivity index is 2.14. The second kappa shape index (κ2) is 6.04. The molecule has 19 heavy (non-hydrogen) atoms. The number of rotatable bonds is 4. The third-order valence-corrected chi connectivity index (χ3v) is 2.98. The molecular formula is C14H13Cl2NO2. The SMILES string of the molecule is COc1cc(N)ccc1COc1cc(Cl)cc(Cl)c1. The Hall–Kier alpha value is -1.58. The largest absolute Gasteiger partial charge is 0.496 e. The van der Waals surface area contributed by atoms with Crippen molar-refractivity contribution >= 4 is 28.9 Å². The molecule has 100 valence electrons. The van der Waals surface area contributed by atoms with Crippen LogP contribution in [-0.2, 0) is 6.61 Å². The Labute approximate surface area is 121 Å². The fraction of sp³-hybridized carbons (Fsp3) is 0.143. The van der Waals surface area contributed by atoms with Crippen molar-refractivity contribution in [3.05, 3.63) is 52.0 Å². The highest BCUT2D eigenvalue weighted by molar-refractivity contribution is 6.34. The standard InChI is InChI=1S/C14H13Cl2NO2/c1-18-14-7-12(17)3-2-9(14)8-19-13-5-10(15)4-11(16)6-13/h2-7H,8,17H2,1H3. The molecule has 0 radical (unpaired) electrons. The summed E-state index contributed by atoms with van der Waals surface area (Å²) in [5, 5.41) is 1.07. The van der Waals surface area contributed by atoms with E-state index in [4.69, 9.17) is 38.4 Å². The summed E-state index contributed by atoms with van der Waals surface area (Å²) in [6.45, 7) is 0.347. The minimum absolute atomic E-state index is 0.347. The fourth-order valence-corrected chi connectivity index (χ4v) is 2.16. The molecule has 2 aromatic rings. The zero-order valence-electron chi connectivity index (χ0n) is 10.3. The Kier molecular flexibility index (Phi) is 4.40. The van der Waals surface area contributed by atoms with Gasteiger partial charge in [-0.1, -0.05) is 23.2 Å². The van der Waals surface area contributed by atoms with Crippen LogP contribution >= 0.6 is 23.2 Å². The van der Waals surface area contributed by atoms with Gasteiger partial charge in [-0.3, -0.25) is 0 Å². The Morgan fingerprint density at radius 3 is 2.37 bits per heavy atom. The van der Waals surface area contributed by atoms with E-state index >= 15 is 0 Å². The molecule has 0 bridgehead atoms. The maximum atomic E-state index is 5.91. The highest BCUT2D eigenvalue weighted by atomic mass is 35.5. The highest BCUT2D eigenvalue weighted by Gasteiger charge is 2.05. The molecule has 0 unspecified atom stereocenters. The lowest BCUT2D eigenvalue weighted by Crippen LogP contribution is -1.99. The van der Waals surface area contributed by atoms with Gasteiger partial charge in [0.05, 0.1) is 7.11 Å². The van der Waals surface area contributed by atoms with E-state index in [1.54, 1.807) is 37.4 Å². The first-order chi connectivity index (χ1) is 9.08. The van der Waals surface area contributed by atoms with E-state index in [0.717, 1.165) is 5.56 Å². The van der Waals surface area contributed by atoms with Crippen molar-refractivity contribution in [1.82, 2.24) is 0 Å². The zero-order chi connectivity index (χ0) is 13.8. The minimum Gasteiger partial charge on any atom is -0.496 e. The third-order valence-electron chi connectivity index (χ3n) is 2.54. The Morgan fingerprint density at radius 1 is 1.05 bits per heavy atom. The molecule has 0 fully saturated rings. The van der Waals surface area contributed by atoms with Crippen LogP contribution in [0, 0.1) is 0 Å². The van der Waals surface area contributed by atoms with E-state index in [1.807, 2.05) is 6.07 Å². The van der Waals surface area contributed by atoms with Crippen molar-refractivity contribution in [3.63, 3.8) is 0 Å². The highest BCUT2D eigenvalue weighted by Crippen LogP contribution is 2.27. The molecule has 0 aliphatic rings. The van der Waals surface area contributed by atoms with Gasteiger partial charge in [-0.05, 0) is 30.3 Å². The Bertz CT molecular complexity index is 567. The second-order valence-corrected chi connectivity index (χ2v) is 4.84. The quantitative estimate of drug-likeness (QED) is 0.862. The van der Waals surface area contributed by atoms with Gasteiger partial charge in [0.1, 0.15) is 18.1 Å². The van der Waals surface area contributed by atoms with Gasteiger partial charge in [-0.15, -0.1) is 0 Å². The lowest BCUT2D eigenvalue weighted by atomic mass is 10.2. The second-order valence-electron chi connectivity index (χ2n) is 3.97. The summed E-state index contributed by atoms with van der Waals surface area (Å²) in [6.07, 6.45) is 0. The van der Waals surface area contributed by atoms with Crippen LogP contribution in [0.4, 0.5) is 5.69 Å². The number of halogens is 2. The van der Waals surface area contributed by atoms with Gasteiger partial charge in [0.25, 0.3) is 0 Å². The number of hydrogen-bond acceptors (Lipinski definition) is 3. The maximum Gasteiger partial charge on any atom is 0.127 e. The van der Waals surface area contributed by atoms with Crippen LogP contribution < -0.4 is 15.2 Å². The van der Waals surface area contributed by atoms with Crippen LogP contribution in [-0.4, -0.2) is 7.11 Å². The number of hydrogen-bond donors (Lipinski definition) is 1. The maximum absolute atomic E-state index is 5.91. The summed E-state index contributed by atoms with van der Waals surface area (Å²) in [7, 11) is 1.59. The van der Waals surface area contributed by atoms with Gasteiger partial charge in [0, 0.05) is 27.4 Å². The fourth-order valence-electron chi connectivity index (χ4n) is 1.65. The molecule has 0 atom stereocenters. The lowest BCUT2D eigenvalue weighted by Gasteiger charge is -2.11. The predicted octanol–water partition coefficient (Wildman–Crippen LogP) is 4.16. The summed E-state index contributed by atoms with van der Waals surface area (Å²) >= 11 is 11.8. The van der Waals surface area contributed by atoms with Crippen LogP contribution in [0.2, 0.25) is 10.0 Å². The van der Waals surface area contributed by atoms with E-state index in [1.165, 1.54) is 0 Å². The molecule has 0 spiro atoms. The number of nitrogens with two attached hydrogens (primary N) is 1. The molecule has 0 aliphatic heterocycles. The van der Waals surface area contributed by atoms with Crippen molar-refractivity contribution in [3.8, 4) is 11.5 Å². The molecule has 2 N–H and O–H groups in total. The molecule has 0 saturated carbocycles. The summed E-state index contributed by atoms with van der Waals surface area (Å²) < 4.78 is 10.9. The van der Waals surface area contributed by atoms with Crippen molar-refractivity contribution in [2.24, 2.45) is 0 Å². The van der Waals surface area contributed by atoms with Crippen molar-refractivity contribution in [2.75, 3.05) is 12.8 Å². The molecule has 0 heterocycles. The molecule has 3 nitrogen and oxygen atoms in total. The van der Waals surface area contributed by atoms with Crippen LogP contribution in [0.3, 0.4) is 0 Å². The van der Waals surface area contributed by atoms with Gasteiger partial charge in [-0.25, -0.2) is 0 Å². The van der Waals surface area contributed by atoms with E-state index in [-0.39, 0.29) is 0 Å². The monoisotopic (exact) mass is 297 g/mol. The van der Waals surface area contributed by atoms with Crippen molar-refractivity contribution in [1.29, 1.82) is 0 Å². The predicted molar refractivity (Wildman–Crippen MR) is 78.2 cm³/mol. The first kappa shape index (κ1) is 13.8. The zero-order valence-corrected chi connectivity index (χ0v) is 11.8. The van der Waals surface area contributed by atoms with Crippen molar-refractivity contribution < 1.29 is 9.47 Å². The van der Waals surface area contributed by atoms with Crippen LogP contribution in [0.1, 0.15) is 5.56 Å². The topological polar surface area (TPSA) is 44.5 Å². The average molecular weight is 298 g/mol. The van der Waals surface area contributed by atoms with E-state index < -0.39 is 0 Å². The summed E-state index contributed by atoms with van der Waals surface area (Å²) in [5.74, 6) is 1.30. The van der Waals surface area contributed by atoms with Gasteiger partial charge in [0.15, 0.2) is 0 Å². The number of nitrogen functional groups attached to an aromatic ring is 1. The van der Waals surface area contributed by atoms with Gasteiger partial charge in [0.2, 0.25) is 0 Å². The smallest absolute Gasteiger partial charge is 0.127 e. The molecule has 2 aromatic carbocycles. The first-order valence-corrected chi connectivity index (χ1v) is 6.35. The molecular weight excluding hydrogens is 285 g/mol. The van der Waals surface area contributed by atoms with Gasteiger partial charge in [-0.2, -0.15) is 0 Å². The molecule has 0 saturated heterocycles. The summed E-state index contributed by atoms with van der Waals surface area (Å²) in [6, 6.07) is 10.5. The van der Waals surface area contributed by atoms with E-state index in [2.05, 4.69) is 0 Å². The molecule has 0 amide bonds. The lowest BCUT2D eigenvalue weighted by molar-refractivity contribution is 0.297. The average Bonchev–Trinajstić information content (AvgIpc) is 2.36. The number of ether oxygens (including phenoxy) is 2. The minimum atomic E-state index is 0.347. The molecule has 0 aliphatic carbocycles. The van der Waals surface area contributed by atoms with Gasteiger partial charge >= 0.3 is 0 Å². The number of benzene rings is 2.